The second-order valence-electron chi connectivity index (χ2n) is 4.83. The van der Waals surface area contributed by atoms with E-state index in [0.717, 1.165) is 17.9 Å². The first kappa shape index (κ1) is 12.0. The second kappa shape index (κ2) is 5.75. The summed E-state index contributed by atoms with van der Waals surface area (Å²) in [5.74, 6) is 2.15. The molecule has 2 fully saturated rings. The number of nitrogens with zero attached hydrogens (tertiary/aromatic N) is 1. The molecular weight excluding hydrogens is 170 g/mol. The monoisotopic (exact) mass is 197 g/mol. The highest BCUT2D eigenvalue weighted by atomic mass is 15.2. The van der Waals surface area contributed by atoms with Crippen LogP contribution in [0, 0.1) is 11.8 Å². The molecule has 14 heavy (non-hydrogen) atoms. The van der Waals surface area contributed by atoms with E-state index in [1.807, 2.05) is 13.8 Å². The zero-order valence-corrected chi connectivity index (χ0v) is 10.4. The fourth-order valence-corrected chi connectivity index (χ4v) is 2.93. The van der Waals surface area contributed by atoms with Crippen LogP contribution in [0.1, 0.15) is 53.4 Å². The van der Waals surface area contributed by atoms with E-state index in [1.165, 1.54) is 38.8 Å². The molecule has 1 saturated carbocycles. The van der Waals surface area contributed by atoms with E-state index in [0.29, 0.717) is 0 Å². The molecule has 0 aromatic carbocycles. The normalized spacial score (nSPS) is 32.4. The van der Waals surface area contributed by atoms with E-state index in [4.69, 9.17) is 0 Å². The summed E-state index contributed by atoms with van der Waals surface area (Å²) in [6.07, 6.45) is 6.01. The minimum atomic E-state index is 0.770. The highest BCUT2D eigenvalue weighted by Gasteiger charge is 2.33. The fraction of sp³-hybridized carbons (Fsp3) is 1.00. The summed E-state index contributed by atoms with van der Waals surface area (Å²) >= 11 is 0. The molecule has 0 aromatic rings. The van der Waals surface area contributed by atoms with Crippen molar-refractivity contribution in [1.29, 1.82) is 0 Å². The largest absolute Gasteiger partial charge is 0.301 e. The van der Waals surface area contributed by atoms with Crippen molar-refractivity contribution >= 4 is 0 Å². The minimum Gasteiger partial charge on any atom is -0.301 e. The Balaban J connectivity index is 0.000000461. The first-order valence-electron chi connectivity index (χ1n) is 6.51. The molecule has 2 aliphatic rings. The van der Waals surface area contributed by atoms with Gasteiger partial charge in [-0.2, -0.15) is 0 Å². The van der Waals surface area contributed by atoms with Gasteiger partial charge < -0.3 is 4.90 Å². The van der Waals surface area contributed by atoms with Gasteiger partial charge in [0.2, 0.25) is 0 Å². The average molecular weight is 197 g/mol. The Morgan fingerprint density at radius 3 is 2.29 bits per heavy atom. The zero-order chi connectivity index (χ0) is 10.6. The number of likely N-dealkylation sites (tertiary alicyclic amines) is 1. The van der Waals surface area contributed by atoms with Gasteiger partial charge in [-0.15, -0.1) is 0 Å². The van der Waals surface area contributed by atoms with Crippen LogP contribution >= 0.6 is 0 Å². The first-order valence-corrected chi connectivity index (χ1v) is 6.51. The maximum Gasteiger partial charge on any atom is 0.00387 e. The number of hydrogen-bond acceptors (Lipinski definition) is 1. The van der Waals surface area contributed by atoms with Gasteiger partial charge in [0, 0.05) is 12.6 Å². The van der Waals surface area contributed by atoms with E-state index in [-0.39, 0.29) is 0 Å². The molecule has 1 heterocycles. The van der Waals surface area contributed by atoms with Gasteiger partial charge in [0.1, 0.15) is 0 Å². The van der Waals surface area contributed by atoms with Crippen molar-refractivity contribution < 1.29 is 0 Å². The lowest BCUT2D eigenvalue weighted by atomic mass is 9.88. The van der Waals surface area contributed by atoms with E-state index >= 15 is 0 Å². The van der Waals surface area contributed by atoms with Gasteiger partial charge >= 0.3 is 0 Å². The summed E-state index contributed by atoms with van der Waals surface area (Å²) in [4.78, 5) is 2.66. The lowest BCUT2D eigenvalue weighted by Gasteiger charge is -2.37. The molecule has 0 radical (unpaired) electrons. The number of fused-ring (bicyclic) bond motifs is 1. The lowest BCUT2D eigenvalue weighted by Crippen LogP contribution is -2.42. The third kappa shape index (κ3) is 2.73. The van der Waals surface area contributed by atoms with Gasteiger partial charge in [-0.3, -0.25) is 0 Å². The quantitative estimate of drug-likeness (QED) is 0.621. The summed E-state index contributed by atoms with van der Waals surface area (Å²) < 4.78 is 0. The molecule has 1 heteroatoms. The SMILES string of the molecule is CC.CC(C)N1CCC2CCCC2C1. The van der Waals surface area contributed by atoms with Crippen LogP contribution < -0.4 is 0 Å². The first-order chi connectivity index (χ1) is 6.77. The van der Waals surface area contributed by atoms with Crippen molar-refractivity contribution in [1.82, 2.24) is 4.90 Å². The van der Waals surface area contributed by atoms with Crippen molar-refractivity contribution in [3.8, 4) is 0 Å². The van der Waals surface area contributed by atoms with Gasteiger partial charge in [-0.25, -0.2) is 0 Å². The number of piperidine rings is 1. The smallest absolute Gasteiger partial charge is 0.00387 e. The van der Waals surface area contributed by atoms with E-state index < -0.39 is 0 Å². The van der Waals surface area contributed by atoms with Crippen molar-refractivity contribution in [3.63, 3.8) is 0 Å². The molecule has 1 aliphatic heterocycles. The summed E-state index contributed by atoms with van der Waals surface area (Å²) in [5.41, 5.74) is 0. The van der Waals surface area contributed by atoms with Crippen LogP contribution in [0.25, 0.3) is 0 Å². The van der Waals surface area contributed by atoms with Crippen LogP contribution in [0.5, 0.6) is 0 Å². The van der Waals surface area contributed by atoms with Crippen molar-refractivity contribution in [2.24, 2.45) is 11.8 Å². The van der Waals surface area contributed by atoms with Gasteiger partial charge in [0.15, 0.2) is 0 Å². The van der Waals surface area contributed by atoms with E-state index in [1.54, 1.807) is 0 Å². The second-order valence-corrected chi connectivity index (χ2v) is 4.83. The van der Waals surface area contributed by atoms with E-state index in [9.17, 15) is 0 Å². The standard InChI is InChI=1S/C11H21N.C2H6/c1-9(2)12-7-6-10-4-3-5-11(10)8-12;1-2/h9-11H,3-8H2,1-2H3;1-2H3. The van der Waals surface area contributed by atoms with Crippen LogP contribution in [-0.4, -0.2) is 24.0 Å². The van der Waals surface area contributed by atoms with Crippen molar-refractivity contribution in [2.45, 2.75) is 59.4 Å². The van der Waals surface area contributed by atoms with Gasteiger partial charge in [0.05, 0.1) is 0 Å². The topological polar surface area (TPSA) is 3.24 Å². The maximum atomic E-state index is 2.66. The third-order valence-electron chi connectivity index (χ3n) is 3.80. The van der Waals surface area contributed by atoms with Crippen LogP contribution in [0.3, 0.4) is 0 Å². The minimum absolute atomic E-state index is 0.770. The molecule has 1 aliphatic carbocycles. The Morgan fingerprint density at radius 1 is 1.00 bits per heavy atom. The molecule has 2 unspecified atom stereocenters. The Morgan fingerprint density at radius 2 is 1.64 bits per heavy atom. The van der Waals surface area contributed by atoms with Crippen LogP contribution in [0.4, 0.5) is 0 Å². The Bertz CT molecular complexity index is 153. The summed E-state index contributed by atoms with van der Waals surface area (Å²) in [7, 11) is 0. The van der Waals surface area contributed by atoms with Crippen LogP contribution in [0.15, 0.2) is 0 Å². The maximum absolute atomic E-state index is 2.66. The molecule has 1 saturated heterocycles. The number of rotatable bonds is 1. The molecule has 0 spiro atoms. The Hall–Kier alpha value is -0.0400. The molecular formula is C13H27N. The molecule has 1 nitrogen and oxygen atoms in total. The number of hydrogen-bond donors (Lipinski definition) is 0. The molecule has 0 N–H and O–H groups in total. The molecule has 0 bridgehead atoms. The average Bonchev–Trinajstić information content (AvgIpc) is 2.67. The Labute approximate surface area is 89.9 Å². The molecule has 84 valence electrons. The van der Waals surface area contributed by atoms with Crippen LogP contribution in [-0.2, 0) is 0 Å². The predicted octanol–water partition coefficient (Wildman–Crippen LogP) is 3.54. The van der Waals surface area contributed by atoms with Crippen molar-refractivity contribution in [3.05, 3.63) is 0 Å². The van der Waals surface area contributed by atoms with Crippen LogP contribution in [0.2, 0.25) is 0 Å². The van der Waals surface area contributed by atoms with Gasteiger partial charge in [-0.05, 0) is 45.1 Å². The summed E-state index contributed by atoms with van der Waals surface area (Å²) in [6, 6.07) is 0.770. The fourth-order valence-electron chi connectivity index (χ4n) is 2.93. The Kier molecular flexibility index (Phi) is 4.94. The lowest BCUT2D eigenvalue weighted by molar-refractivity contribution is 0.110. The third-order valence-corrected chi connectivity index (χ3v) is 3.80. The highest BCUT2D eigenvalue weighted by Crippen LogP contribution is 2.37. The van der Waals surface area contributed by atoms with E-state index in [2.05, 4.69) is 18.7 Å². The summed E-state index contributed by atoms with van der Waals surface area (Å²) in [5, 5.41) is 0. The highest BCUT2D eigenvalue weighted by molar-refractivity contribution is 4.85. The predicted molar refractivity (Wildman–Crippen MR) is 63.5 cm³/mol. The molecule has 0 aromatic heterocycles. The van der Waals surface area contributed by atoms with Crippen molar-refractivity contribution in [2.75, 3.05) is 13.1 Å². The zero-order valence-electron chi connectivity index (χ0n) is 10.4. The summed E-state index contributed by atoms with van der Waals surface area (Å²) in [6.45, 7) is 11.4. The van der Waals surface area contributed by atoms with Gasteiger partial charge in [0.25, 0.3) is 0 Å². The molecule has 2 atom stereocenters. The molecule has 0 amide bonds. The molecule has 2 rings (SSSR count). The van der Waals surface area contributed by atoms with Gasteiger partial charge in [-0.1, -0.05) is 26.7 Å².